The number of allylic oxidation sites excluding steroid dienone is 2. The van der Waals surface area contributed by atoms with Crippen molar-refractivity contribution in [1.82, 2.24) is 0 Å². The van der Waals surface area contributed by atoms with Crippen LogP contribution in [0.15, 0.2) is 20.6 Å². The molecule has 0 aromatic rings. The fourth-order valence-electron chi connectivity index (χ4n) is 7.01. The summed E-state index contributed by atoms with van der Waals surface area (Å²) in [4.78, 5) is 24.2. The summed E-state index contributed by atoms with van der Waals surface area (Å²) in [6.07, 6.45) is 9.45. The lowest BCUT2D eigenvalue weighted by Gasteiger charge is -2.58. The van der Waals surface area contributed by atoms with E-state index in [-0.39, 0.29) is 28.7 Å². The Morgan fingerprint density at radius 1 is 1.18 bits per heavy atom. The monoisotopic (exact) mass is 512 g/mol. The van der Waals surface area contributed by atoms with Crippen LogP contribution >= 0.6 is 31.9 Å². The smallest absolute Gasteiger partial charge is 0.305 e. The van der Waals surface area contributed by atoms with Gasteiger partial charge in [0.2, 0.25) is 0 Å². The van der Waals surface area contributed by atoms with Crippen LogP contribution < -0.4 is 0 Å². The summed E-state index contributed by atoms with van der Waals surface area (Å²) in [5.74, 6) is 1.96. The standard InChI is InChI=1S/C23H30Br2O3/c1-4-20(27)28-19-6-5-16-14-12-15(21(24)25)18-11-13(26)7-9-22(18,2)17(14)8-10-23(16,19)3/h11,14,16-17,19H,4-10,12H2,1-3H3/t14-,16-,17-,19-,22+,23-/m0/s1. The molecule has 6 atom stereocenters. The van der Waals surface area contributed by atoms with Crippen LogP contribution in [0.2, 0.25) is 0 Å². The molecular weight excluding hydrogens is 484 g/mol. The van der Waals surface area contributed by atoms with Gasteiger partial charge in [-0.15, -0.1) is 0 Å². The fraction of sp³-hybridized carbons (Fsp3) is 0.739. The number of hydrogen-bond acceptors (Lipinski definition) is 3. The van der Waals surface area contributed by atoms with Gasteiger partial charge in [-0.25, -0.2) is 0 Å². The zero-order valence-electron chi connectivity index (χ0n) is 17.0. The summed E-state index contributed by atoms with van der Waals surface area (Å²) in [5, 5.41) is 0. The quantitative estimate of drug-likeness (QED) is 0.398. The molecule has 0 aliphatic heterocycles. The van der Waals surface area contributed by atoms with Crippen LogP contribution in [0.3, 0.4) is 0 Å². The van der Waals surface area contributed by atoms with Crippen molar-refractivity contribution in [2.45, 2.75) is 78.2 Å². The Kier molecular flexibility index (Phi) is 5.48. The maximum absolute atomic E-state index is 12.2. The second kappa shape index (κ2) is 7.37. The third kappa shape index (κ3) is 3.10. The highest BCUT2D eigenvalue weighted by Gasteiger charge is 2.60. The predicted molar refractivity (Wildman–Crippen MR) is 117 cm³/mol. The molecule has 0 N–H and O–H groups in total. The van der Waals surface area contributed by atoms with Crippen molar-refractivity contribution in [2.24, 2.45) is 28.6 Å². The minimum atomic E-state index is -0.0654. The van der Waals surface area contributed by atoms with Crippen molar-refractivity contribution in [3.63, 3.8) is 0 Å². The molecule has 0 amide bonds. The molecular formula is C23H30Br2O3. The van der Waals surface area contributed by atoms with Gasteiger partial charge in [0.05, 0.1) is 3.39 Å². The lowest BCUT2D eigenvalue weighted by molar-refractivity contribution is -0.159. The van der Waals surface area contributed by atoms with Crippen LogP contribution in [0, 0.1) is 28.6 Å². The molecule has 28 heavy (non-hydrogen) atoms. The Morgan fingerprint density at radius 3 is 2.61 bits per heavy atom. The van der Waals surface area contributed by atoms with Gasteiger partial charge < -0.3 is 4.74 Å². The minimum absolute atomic E-state index is 0.0587. The lowest BCUT2D eigenvalue weighted by Crippen LogP contribution is -2.52. The molecule has 3 nitrogen and oxygen atoms in total. The molecule has 4 aliphatic carbocycles. The maximum Gasteiger partial charge on any atom is 0.305 e. The average Bonchev–Trinajstić information content (AvgIpc) is 2.98. The topological polar surface area (TPSA) is 43.4 Å². The molecule has 0 saturated heterocycles. The van der Waals surface area contributed by atoms with E-state index < -0.39 is 0 Å². The van der Waals surface area contributed by atoms with E-state index in [1.54, 1.807) is 0 Å². The molecule has 3 fully saturated rings. The summed E-state index contributed by atoms with van der Waals surface area (Å²) in [7, 11) is 0. The SMILES string of the molecule is CCC(=O)O[C@H]1CC[C@H]2[C@@H]3CC(=C(Br)Br)C4=CC(=O)CC[C@]4(C)[C@H]3CC[C@]12C. The molecule has 4 rings (SSSR count). The molecule has 0 spiro atoms. The van der Waals surface area contributed by atoms with Crippen molar-refractivity contribution in [3.05, 3.63) is 20.6 Å². The van der Waals surface area contributed by atoms with E-state index >= 15 is 0 Å². The first-order valence-corrected chi connectivity index (χ1v) is 12.3. The summed E-state index contributed by atoms with van der Waals surface area (Å²) in [5.41, 5.74) is 2.68. The molecule has 154 valence electrons. The molecule has 4 aliphatic rings. The van der Waals surface area contributed by atoms with Gasteiger partial charge in [-0.1, -0.05) is 20.8 Å². The summed E-state index contributed by atoms with van der Waals surface area (Å²) in [6.45, 7) is 6.62. The Labute approximate surface area is 185 Å². The van der Waals surface area contributed by atoms with Gasteiger partial charge in [0.15, 0.2) is 5.78 Å². The van der Waals surface area contributed by atoms with E-state index in [1.165, 1.54) is 11.1 Å². The minimum Gasteiger partial charge on any atom is -0.462 e. The molecule has 0 bridgehead atoms. The number of carbonyl (C=O) groups excluding carboxylic acids is 2. The van der Waals surface area contributed by atoms with Crippen LogP contribution in [-0.2, 0) is 14.3 Å². The molecule has 0 aromatic carbocycles. The van der Waals surface area contributed by atoms with Crippen molar-refractivity contribution in [3.8, 4) is 0 Å². The third-order valence-electron chi connectivity index (χ3n) is 8.54. The zero-order chi connectivity index (χ0) is 20.3. The van der Waals surface area contributed by atoms with Crippen LogP contribution in [0.5, 0.6) is 0 Å². The first-order chi connectivity index (χ1) is 13.2. The Morgan fingerprint density at radius 2 is 1.93 bits per heavy atom. The van der Waals surface area contributed by atoms with Crippen LogP contribution in [-0.4, -0.2) is 17.9 Å². The van der Waals surface area contributed by atoms with E-state index in [1.807, 2.05) is 13.0 Å². The molecule has 0 aromatic heterocycles. The van der Waals surface area contributed by atoms with Gasteiger partial charge >= 0.3 is 5.97 Å². The van der Waals surface area contributed by atoms with E-state index in [0.717, 1.165) is 41.9 Å². The molecule has 5 heteroatoms. The summed E-state index contributed by atoms with van der Waals surface area (Å²) < 4.78 is 6.90. The fourth-order valence-corrected chi connectivity index (χ4v) is 7.76. The normalized spacial score (nSPS) is 42.2. The highest BCUT2D eigenvalue weighted by Crippen LogP contribution is 2.67. The lowest BCUT2D eigenvalue weighted by atomic mass is 9.46. The van der Waals surface area contributed by atoms with E-state index in [2.05, 4.69) is 45.7 Å². The molecule has 3 saturated carbocycles. The third-order valence-corrected chi connectivity index (χ3v) is 9.49. The van der Waals surface area contributed by atoms with Gasteiger partial charge in [0.25, 0.3) is 0 Å². The number of esters is 1. The van der Waals surface area contributed by atoms with Gasteiger partial charge in [-0.05, 0) is 111 Å². The first-order valence-electron chi connectivity index (χ1n) is 10.7. The van der Waals surface area contributed by atoms with Crippen LogP contribution in [0.4, 0.5) is 0 Å². The molecule has 0 radical (unpaired) electrons. The van der Waals surface area contributed by atoms with Crippen LogP contribution in [0.1, 0.15) is 72.1 Å². The van der Waals surface area contributed by atoms with Gasteiger partial charge in [0, 0.05) is 18.3 Å². The number of ether oxygens (including phenoxy) is 1. The zero-order valence-corrected chi connectivity index (χ0v) is 20.2. The van der Waals surface area contributed by atoms with E-state index in [4.69, 9.17) is 4.74 Å². The van der Waals surface area contributed by atoms with E-state index in [9.17, 15) is 9.59 Å². The van der Waals surface area contributed by atoms with Crippen molar-refractivity contribution >= 4 is 43.6 Å². The number of halogens is 2. The second-order valence-corrected chi connectivity index (χ2v) is 12.4. The maximum atomic E-state index is 12.2. The Hall–Kier alpha value is -0.420. The number of ketones is 1. The number of carbonyl (C=O) groups is 2. The van der Waals surface area contributed by atoms with E-state index in [0.29, 0.717) is 30.6 Å². The van der Waals surface area contributed by atoms with Crippen LogP contribution in [0.25, 0.3) is 0 Å². The summed E-state index contributed by atoms with van der Waals surface area (Å²) in [6, 6.07) is 0. The Bertz CT molecular complexity index is 766. The van der Waals surface area contributed by atoms with Crippen molar-refractivity contribution in [1.29, 1.82) is 0 Å². The Balaban J connectivity index is 1.70. The first kappa shape index (κ1) is 20.8. The molecule has 0 heterocycles. The van der Waals surface area contributed by atoms with Crippen molar-refractivity contribution < 1.29 is 14.3 Å². The van der Waals surface area contributed by atoms with Gasteiger partial charge in [-0.2, -0.15) is 0 Å². The largest absolute Gasteiger partial charge is 0.462 e. The predicted octanol–water partition coefficient (Wildman–Crippen LogP) is 6.45. The average molecular weight is 514 g/mol. The summed E-state index contributed by atoms with van der Waals surface area (Å²) >= 11 is 7.35. The highest BCUT2D eigenvalue weighted by atomic mass is 79.9. The number of rotatable bonds is 2. The molecule has 0 unspecified atom stereocenters. The second-order valence-electron chi connectivity index (χ2n) is 9.72. The highest BCUT2D eigenvalue weighted by molar-refractivity contribution is 9.28. The number of fused-ring (bicyclic) bond motifs is 5. The van der Waals surface area contributed by atoms with Crippen molar-refractivity contribution in [2.75, 3.05) is 0 Å². The van der Waals surface area contributed by atoms with Gasteiger partial charge in [0.1, 0.15) is 6.10 Å². The van der Waals surface area contributed by atoms with Gasteiger partial charge in [-0.3, -0.25) is 9.59 Å². The number of hydrogen-bond donors (Lipinski definition) is 0.